The monoisotopic (exact) mass is 407 g/mol. The highest BCUT2D eigenvalue weighted by atomic mass is 35.5. The van der Waals surface area contributed by atoms with Gasteiger partial charge in [-0.1, -0.05) is 48.7 Å². The fourth-order valence-electron chi connectivity index (χ4n) is 3.98. The summed E-state index contributed by atoms with van der Waals surface area (Å²) in [6.07, 6.45) is 9.53. The second-order valence-electron chi connectivity index (χ2n) is 7.93. The van der Waals surface area contributed by atoms with Crippen LogP contribution in [0, 0.1) is 6.92 Å². The first-order chi connectivity index (χ1) is 12.7. The molecular formula is C21H30ClN3OS. The van der Waals surface area contributed by atoms with Crippen LogP contribution < -0.4 is 5.32 Å². The second kappa shape index (κ2) is 9.33. The number of amides is 1. The number of aryl methyl sites for hydroxylation is 1. The normalized spacial score (nSPS) is 24.7. The first kappa shape index (κ1) is 20.5. The molecule has 0 bridgehead atoms. The highest BCUT2D eigenvalue weighted by Crippen LogP contribution is 2.38. The smallest absolute Gasteiger partial charge is 0.226 e. The van der Waals surface area contributed by atoms with Crippen molar-refractivity contribution in [3.05, 3.63) is 29.8 Å². The fraction of sp³-hybridized carbons (Fsp3) is 0.619. The number of thioether (sulfide) groups is 1. The zero-order valence-corrected chi connectivity index (χ0v) is 17.7. The number of carbonyl (C=O) groups is 1. The number of nitrogens with one attached hydrogen (secondary N) is 1. The van der Waals surface area contributed by atoms with Gasteiger partial charge in [0.2, 0.25) is 5.91 Å². The minimum Gasteiger partial charge on any atom is -0.344 e. The second-order valence-corrected chi connectivity index (χ2v) is 8.91. The predicted octanol–water partition coefficient (Wildman–Crippen LogP) is 5.01. The Balaban J connectivity index is 0.00000210. The molecule has 148 valence electrons. The van der Waals surface area contributed by atoms with Crippen LogP contribution in [0.4, 0.5) is 5.69 Å². The van der Waals surface area contributed by atoms with E-state index >= 15 is 0 Å². The van der Waals surface area contributed by atoms with E-state index in [9.17, 15) is 4.79 Å². The lowest BCUT2D eigenvalue weighted by molar-refractivity contribution is -0.116. The van der Waals surface area contributed by atoms with E-state index in [0.29, 0.717) is 24.5 Å². The highest BCUT2D eigenvalue weighted by molar-refractivity contribution is 8.14. The van der Waals surface area contributed by atoms with E-state index in [-0.39, 0.29) is 18.3 Å². The van der Waals surface area contributed by atoms with Gasteiger partial charge in [-0.25, -0.2) is 0 Å². The van der Waals surface area contributed by atoms with E-state index in [2.05, 4.69) is 17.1 Å². The summed E-state index contributed by atoms with van der Waals surface area (Å²) in [5.41, 5.74) is 2.10. The van der Waals surface area contributed by atoms with Gasteiger partial charge in [-0.05, 0) is 44.7 Å². The van der Waals surface area contributed by atoms with Crippen molar-refractivity contribution < 1.29 is 4.79 Å². The highest BCUT2D eigenvalue weighted by Gasteiger charge is 2.41. The van der Waals surface area contributed by atoms with E-state index in [0.717, 1.165) is 11.4 Å². The van der Waals surface area contributed by atoms with Gasteiger partial charge in [-0.3, -0.25) is 9.79 Å². The van der Waals surface area contributed by atoms with E-state index in [1.54, 1.807) is 0 Å². The third-order valence-corrected chi connectivity index (χ3v) is 6.71. The number of halogens is 1. The van der Waals surface area contributed by atoms with Crippen LogP contribution >= 0.6 is 24.2 Å². The number of aliphatic imine (C=N–C) groups is 1. The lowest BCUT2D eigenvalue weighted by Crippen LogP contribution is -2.39. The lowest BCUT2D eigenvalue weighted by Gasteiger charge is -2.27. The number of anilines is 1. The van der Waals surface area contributed by atoms with Crippen LogP contribution in [0.15, 0.2) is 29.3 Å². The molecule has 1 aliphatic heterocycles. The summed E-state index contributed by atoms with van der Waals surface area (Å²) in [4.78, 5) is 20.1. The van der Waals surface area contributed by atoms with Crippen molar-refractivity contribution in [1.29, 1.82) is 0 Å². The summed E-state index contributed by atoms with van der Waals surface area (Å²) in [6, 6.07) is 9.44. The predicted molar refractivity (Wildman–Crippen MR) is 117 cm³/mol. The molecule has 1 amide bonds. The zero-order chi connectivity index (χ0) is 17.9. The molecule has 2 aliphatic carbocycles. The number of nitrogens with zero attached hydrogens (tertiary/aromatic N) is 2. The zero-order valence-electron chi connectivity index (χ0n) is 16.0. The summed E-state index contributed by atoms with van der Waals surface area (Å²) in [5, 5.41) is 4.27. The molecule has 1 saturated heterocycles. The van der Waals surface area contributed by atoms with E-state index in [1.165, 1.54) is 55.7 Å². The van der Waals surface area contributed by atoms with Crippen LogP contribution in [0.2, 0.25) is 0 Å². The van der Waals surface area contributed by atoms with Crippen LogP contribution in [0.5, 0.6) is 0 Å². The molecule has 3 fully saturated rings. The molecule has 1 N–H and O–H groups in total. The van der Waals surface area contributed by atoms with Crippen LogP contribution in [-0.2, 0) is 4.79 Å². The lowest BCUT2D eigenvalue weighted by atomic mass is 9.96. The molecule has 27 heavy (non-hydrogen) atoms. The molecule has 1 unspecified atom stereocenters. The van der Waals surface area contributed by atoms with Gasteiger partial charge in [0.1, 0.15) is 0 Å². The molecule has 2 saturated carbocycles. The summed E-state index contributed by atoms with van der Waals surface area (Å²) < 4.78 is 0. The van der Waals surface area contributed by atoms with Crippen molar-refractivity contribution in [1.82, 2.24) is 4.90 Å². The minimum absolute atomic E-state index is 0. The quantitative estimate of drug-likeness (QED) is 0.745. The molecule has 0 radical (unpaired) electrons. The summed E-state index contributed by atoms with van der Waals surface area (Å²) in [6.45, 7) is 2.06. The van der Waals surface area contributed by atoms with Crippen molar-refractivity contribution in [3.63, 3.8) is 0 Å². The Morgan fingerprint density at radius 2 is 1.85 bits per heavy atom. The number of amidine groups is 1. The van der Waals surface area contributed by atoms with Gasteiger partial charge < -0.3 is 10.2 Å². The average molecular weight is 408 g/mol. The largest absolute Gasteiger partial charge is 0.344 e. The molecule has 4 nitrogen and oxygen atoms in total. The number of benzene rings is 1. The Morgan fingerprint density at radius 1 is 1.15 bits per heavy atom. The van der Waals surface area contributed by atoms with Gasteiger partial charge in [0.05, 0.1) is 6.04 Å². The van der Waals surface area contributed by atoms with Crippen LogP contribution in [0.3, 0.4) is 0 Å². The third kappa shape index (κ3) is 5.41. The maximum atomic E-state index is 12.6. The number of hydrogen-bond donors (Lipinski definition) is 1. The molecule has 3 aliphatic rings. The maximum absolute atomic E-state index is 12.6. The van der Waals surface area contributed by atoms with Crippen molar-refractivity contribution in [3.8, 4) is 0 Å². The number of carbonyl (C=O) groups excluding carboxylic acids is 1. The van der Waals surface area contributed by atoms with Crippen molar-refractivity contribution in [2.24, 2.45) is 4.99 Å². The van der Waals surface area contributed by atoms with Gasteiger partial charge in [0, 0.05) is 29.9 Å². The van der Waals surface area contributed by atoms with Gasteiger partial charge in [-0.15, -0.1) is 12.4 Å². The first-order valence-electron chi connectivity index (χ1n) is 10.0. The first-order valence-corrected chi connectivity index (χ1v) is 11.0. The van der Waals surface area contributed by atoms with Crippen molar-refractivity contribution in [2.75, 3.05) is 11.1 Å². The summed E-state index contributed by atoms with van der Waals surface area (Å²) in [5.74, 6) is 1.10. The molecule has 6 heteroatoms. The molecule has 1 aromatic carbocycles. The minimum atomic E-state index is 0. The Kier molecular flexibility index (Phi) is 7.10. The molecule has 1 aromatic rings. The standard InChI is InChI=1S/C21H29N3OS.ClH/c1-15-7-9-17(10-8-15)22-20(25)13-19-14-26-21(24(19)18-11-12-18)23-16-5-3-2-4-6-16;/h7-10,16,18-19H,2-6,11-14H2,1H3,(H,22,25);1H/b23-21-;. The Hall–Kier alpha value is -1.20. The topological polar surface area (TPSA) is 44.7 Å². The van der Waals surface area contributed by atoms with Crippen molar-refractivity contribution in [2.45, 2.75) is 76.4 Å². The van der Waals surface area contributed by atoms with E-state index in [1.807, 2.05) is 36.0 Å². The van der Waals surface area contributed by atoms with Crippen LogP contribution in [0.25, 0.3) is 0 Å². The molecule has 0 spiro atoms. The Bertz CT molecular complexity index is 669. The fourth-order valence-corrected chi connectivity index (χ4v) is 5.27. The number of rotatable bonds is 5. The SMILES string of the molecule is Cc1ccc(NC(=O)CC2CS/C(=N\C3CCCCC3)N2C2CC2)cc1.Cl. The Morgan fingerprint density at radius 3 is 2.52 bits per heavy atom. The Labute approximate surface area is 173 Å². The summed E-state index contributed by atoms with van der Waals surface area (Å²) in [7, 11) is 0. The van der Waals surface area contributed by atoms with E-state index in [4.69, 9.17) is 4.99 Å². The summed E-state index contributed by atoms with van der Waals surface area (Å²) >= 11 is 1.87. The van der Waals surface area contributed by atoms with Crippen LogP contribution in [0.1, 0.15) is 56.9 Å². The molecule has 1 atom stereocenters. The van der Waals surface area contributed by atoms with Gasteiger partial charge >= 0.3 is 0 Å². The molecular weight excluding hydrogens is 378 g/mol. The maximum Gasteiger partial charge on any atom is 0.226 e. The molecule has 1 heterocycles. The van der Waals surface area contributed by atoms with E-state index < -0.39 is 0 Å². The van der Waals surface area contributed by atoms with Crippen LogP contribution in [-0.4, -0.2) is 39.9 Å². The average Bonchev–Trinajstić information content (AvgIpc) is 3.41. The molecule has 0 aromatic heterocycles. The number of hydrogen-bond acceptors (Lipinski definition) is 3. The third-order valence-electron chi connectivity index (χ3n) is 5.58. The van der Waals surface area contributed by atoms with Crippen molar-refractivity contribution >= 4 is 40.9 Å². The van der Waals surface area contributed by atoms with Gasteiger partial charge in [-0.2, -0.15) is 0 Å². The van der Waals surface area contributed by atoms with Gasteiger partial charge in [0.25, 0.3) is 0 Å². The van der Waals surface area contributed by atoms with Gasteiger partial charge in [0.15, 0.2) is 5.17 Å². The molecule has 4 rings (SSSR count).